The Morgan fingerprint density at radius 1 is 0.861 bits per heavy atom. The van der Waals surface area contributed by atoms with E-state index in [-0.39, 0.29) is 46.6 Å². The highest BCUT2D eigenvalue weighted by Gasteiger charge is 2.31. The molecule has 0 aliphatic heterocycles. The second kappa shape index (κ2) is 15.8. The van der Waals surface area contributed by atoms with Crippen molar-refractivity contribution in [3.8, 4) is 0 Å². The smallest absolute Gasteiger partial charge is 0.253 e. The molecule has 0 aliphatic carbocycles. The predicted octanol–water partition coefficient (Wildman–Crippen LogP) is -2.35. The third kappa shape index (κ3) is 9.08. The van der Waals surface area contributed by atoms with Gasteiger partial charge in [-0.25, -0.2) is 0 Å². The van der Waals surface area contributed by atoms with Crippen LogP contribution in [0.15, 0.2) is 0 Å². The highest BCUT2D eigenvalue weighted by molar-refractivity contribution is 14.1. The molecular weight excluding hydrogens is 821 g/mol. The molecule has 0 heterocycles. The van der Waals surface area contributed by atoms with E-state index >= 15 is 0 Å². The van der Waals surface area contributed by atoms with Gasteiger partial charge < -0.3 is 46.6 Å². The molecule has 3 amide bonds. The monoisotopic (exact) mass is 850 g/mol. The molecule has 3 unspecified atom stereocenters. The minimum atomic E-state index is -1.20. The minimum absolute atomic E-state index is 0.0161. The second-order valence-corrected chi connectivity index (χ2v) is 11.0. The average molecular weight is 850 g/mol. The van der Waals surface area contributed by atoms with Gasteiger partial charge in [0.1, 0.15) is 0 Å². The number of primary amides is 1. The number of hydrogen-bond acceptors (Lipinski definition) is 10. The SMILES string of the molecule is CN(C(=O)CN(CC(O)CO)CC(O)CO)c1c(I)c(C(N)=O)c(I)c(C(=O)NCC(O)CO)c1I. The highest BCUT2D eigenvalue weighted by Crippen LogP contribution is 2.37. The molecule has 0 spiro atoms. The molecule has 0 aromatic heterocycles. The zero-order valence-corrected chi connectivity index (χ0v) is 25.7. The maximum atomic E-state index is 13.2. The van der Waals surface area contributed by atoms with E-state index in [0.717, 1.165) is 0 Å². The molecule has 204 valence electrons. The Bertz CT molecular complexity index is 942. The van der Waals surface area contributed by atoms with Crippen LogP contribution in [0.4, 0.5) is 5.69 Å². The van der Waals surface area contributed by atoms with Crippen molar-refractivity contribution in [3.63, 3.8) is 0 Å². The lowest BCUT2D eigenvalue weighted by atomic mass is 10.1. The van der Waals surface area contributed by atoms with Gasteiger partial charge in [0.15, 0.2) is 0 Å². The summed E-state index contributed by atoms with van der Waals surface area (Å²) in [5.41, 5.74) is 5.86. The summed E-state index contributed by atoms with van der Waals surface area (Å²) in [6.45, 7) is -2.63. The van der Waals surface area contributed by atoms with Crippen LogP contribution in [0.25, 0.3) is 0 Å². The zero-order valence-electron chi connectivity index (χ0n) is 19.2. The number of likely N-dealkylation sites (N-methyl/N-ethyl adjacent to an activating group) is 1. The van der Waals surface area contributed by atoms with Gasteiger partial charge in [-0.1, -0.05) is 0 Å². The van der Waals surface area contributed by atoms with Gasteiger partial charge in [-0.3, -0.25) is 19.3 Å². The molecule has 1 aromatic carbocycles. The summed E-state index contributed by atoms with van der Waals surface area (Å²) < 4.78 is 0.873. The number of carbonyl (C=O) groups is 3. The van der Waals surface area contributed by atoms with Crippen LogP contribution < -0.4 is 16.0 Å². The van der Waals surface area contributed by atoms with Crippen LogP contribution in [-0.4, -0.2) is 125 Å². The van der Waals surface area contributed by atoms with Crippen LogP contribution in [0, 0.1) is 10.7 Å². The largest absolute Gasteiger partial charge is 0.394 e. The summed E-state index contributed by atoms with van der Waals surface area (Å²) >= 11 is 5.51. The van der Waals surface area contributed by atoms with E-state index in [4.69, 9.17) is 21.1 Å². The first-order valence-electron chi connectivity index (χ1n) is 10.4. The zero-order chi connectivity index (χ0) is 27.7. The Kier molecular flexibility index (Phi) is 14.8. The normalized spacial score (nSPS) is 13.9. The van der Waals surface area contributed by atoms with E-state index in [2.05, 4.69) is 5.32 Å². The van der Waals surface area contributed by atoms with Gasteiger partial charge in [0.25, 0.3) is 11.8 Å². The third-order valence-electron chi connectivity index (χ3n) is 4.90. The number of aliphatic hydroxyl groups is 6. The summed E-state index contributed by atoms with van der Waals surface area (Å²) in [7, 11) is 1.42. The topological polar surface area (TPSA) is 217 Å². The van der Waals surface area contributed by atoms with Crippen molar-refractivity contribution in [2.75, 3.05) is 57.9 Å². The van der Waals surface area contributed by atoms with E-state index in [1.807, 2.05) is 45.2 Å². The molecule has 0 bridgehead atoms. The van der Waals surface area contributed by atoms with Gasteiger partial charge in [-0.05, 0) is 67.8 Å². The van der Waals surface area contributed by atoms with E-state index in [1.165, 1.54) is 16.8 Å². The van der Waals surface area contributed by atoms with E-state index in [9.17, 15) is 29.7 Å². The number of hydrogen-bond donors (Lipinski definition) is 8. The fourth-order valence-electron chi connectivity index (χ4n) is 3.06. The molecule has 0 aliphatic rings. The number of nitrogens with zero attached hydrogens (tertiary/aromatic N) is 2. The number of carbonyl (C=O) groups excluding carboxylic acids is 3. The van der Waals surface area contributed by atoms with E-state index in [1.54, 1.807) is 22.6 Å². The molecule has 3 atom stereocenters. The Morgan fingerprint density at radius 3 is 1.78 bits per heavy atom. The summed E-state index contributed by atoms with van der Waals surface area (Å²) in [6.07, 6.45) is -3.58. The second-order valence-electron chi connectivity index (χ2n) is 7.77. The van der Waals surface area contributed by atoms with Gasteiger partial charge >= 0.3 is 0 Å². The lowest BCUT2D eigenvalue weighted by Gasteiger charge is -2.29. The van der Waals surface area contributed by atoms with E-state index < -0.39 is 55.9 Å². The number of aliphatic hydroxyl groups excluding tert-OH is 6. The van der Waals surface area contributed by atoms with Gasteiger partial charge in [0.2, 0.25) is 5.91 Å². The molecule has 0 saturated carbocycles. The Labute approximate surface area is 248 Å². The summed E-state index contributed by atoms with van der Waals surface area (Å²) in [5, 5.41) is 59.0. The molecule has 13 nitrogen and oxygen atoms in total. The average Bonchev–Trinajstić information content (AvgIpc) is 2.81. The fraction of sp³-hybridized carbons (Fsp3) is 0.550. The van der Waals surface area contributed by atoms with Gasteiger partial charge in [0.05, 0.1) is 68.6 Å². The van der Waals surface area contributed by atoms with Crippen molar-refractivity contribution in [1.29, 1.82) is 0 Å². The Balaban J connectivity index is 3.46. The predicted molar refractivity (Wildman–Crippen MR) is 155 cm³/mol. The van der Waals surface area contributed by atoms with Crippen molar-refractivity contribution in [1.82, 2.24) is 10.2 Å². The van der Waals surface area contributed by atoms with Crippen LogP contribution in [0.2, 0.25) is 0 Å². The maximum absolute atomic E-state index is 13.2. The maximum Gasteiger partial charge on any atom is 0.253 e. The first kappa shape index (κ1) is 33.6. The number of rotatable bonds is 14. The van der Waals surface area contributed by atoms with Gasteiger partial charge in [0, 0.05) is 30.3 Å². The van der Waals surface area contributed by atoms with Gasteiger partial charge in [-0.2, -0.15) is 0 Å². The molecular formula is C20H29I3N4O9. The van der Waals surface area contributed by atoms with Crippen molar-refractivity contribution in [3.05, 3.63) is 21.8 Å². The standard InChI is InChI=1S/C20H29I3N4O9/c1-26(12(34)5-27(3-10(32)7-29)4-11(33)8-30)18-16(22)13(19(24)35)15(21)14(17(18)23)20(36)25-2-9(31)6-28/h9-11,28-33H,2-8H2,1H3,(H2,24,35)(H,25,36). The van der Waals surface area contributed by atoms with Crippen molar-refractivity contribution in [2.45, 2.75) is 18.3 Å². The van der Waals surface area contributed by atoms with E-state index in [0.29, 0.717) is 7.14 Å². The van der Waals surface area contributed by atoms with Crippen molar-refractivity contribution >= 4 is 91.2 Å². The Morgan fingerprint density at radius 2 is 1.33 bits per heavy atom. The third-order valence-corrected chi connectivity index (χ3v) is 8.08. The van der Waals surface area contributed by atoms with Crippen LogP contribution >= 0.6 is 67.8 Å². The summed E-state index contributed by atoms with van der Waals surface area (Å²) in [6, 6.07) is 0. The summed E-state index contributed by atoms with van der Waals surface area (Å²) in [5.74, 6) is -2.03. The van der Waals surface area contributed by atoms with Crippen molar-refractivity contribution < 1.29 is 45.0 Å². The quantitative estimate of drug-likeness (QED) is 0.0934. The lowest BCUT2D eigenvalue weighted by Crippen LogP contribution is -2.46. The summed E-state index contributed by atoms with van der Waals surface area (Å²) in [4.78, 5) is 41.0. The molecule has 16 heteroatoms. The first-order valence-corrected chi connectivity index (χ1v) is 13.7. The first-order chi connectivity index (χ1) is 16.8. The van der Waals surface area contributed by atoms with Crippen LogP contribution in [0.1, 0.15) is 20.7 Å². The van der Waals surface area contributed by atoms with Crippen LogP contribution in [0.3, 0.4) is 0 Å². The lowest BCUT2D eigenvalue weighted by molar-refractivity contribution is -0.120. The number of nitrogens with two attached hydrogens (primary N) is 1. The number of benzene rings is 1. The number of amides is 3. The highest BCUT2D eigenvalue weighted by atomic mass is 127. The fourth-order valence-corrected chi connectivity index (χ4v) is 7.97. The number of anilines is 1. The molecule has 36 heavy (non-hydrogen) atoms. The number of halogens is 3. The molecule has 1 rings (SSSR count). The molecule has 9 N–H and O–H groups in total. The minimum Gasteiger partial charge on any atom is -0.394 e. The number of nitrogens with one attached hydrogen (secondary N) is 1. The molecule has 1 aromatic rings. The molecule has 0 saturated heterocycles. The molecule has 0 radical (unpaired) electrons. The van der Waals surface area contributed by atoms with Gasteiger partial charge in [-0.15, -0.1) is 0 Å². The van der Waals surface area contributed by atoms with Crippen LogP contribution in [-0.2, 0) is 4.79 Å². The van der Waals surface area contributed by atoms with Crippen molar-refractivity contribution in [2.24, 2.45) is 5.73 Å². The van der Waals surface area contributed by atoms with Crippen LogP contribution in [0.5, 0.6) is 0 Å². The molecule has 0 fully saturated rings. The Hall–Kier alpha value is -0.460.